The summed E-state index contributed by atoms with van der Waals surface area (Å²) in [5, 5.41) is 7.54. The summed E-state index contributed by atoms with van der Waals surface area (Å²) in [6, 6.07) is 2.33. The van der Waals surface area contributed by atoms with Gasteiger partial charge in [0.1, 0.15) is 0 Å². The first-order valence-corrected chi connectivity index (χ1v) is 5.54. The van der Waals surface area contributed by atoms with Gasteiger partial charge in [-0.15, -0.1) is 11.6 Å². The van der Waals surface area contributed by atoms with Gasteiger partial charge < -0.3 is 5.32 Å². The quantitative estimate of drug-likeness (QED) is 0.733. The molecule has 14 heavy (non-hydrogen) atoms. The van der Waals surface area contributed by atoms with Gasteiger partial charge in [0.25, 0.3) is 0 Å². The third kappa shape index (κ3) is 3.68. The van der Waals surface area contributed by atoms with Crippen LogP contribution in [-0.2, 0) is 6.54 Å². The van der Waals surface area contributed by atoms with Gasteiger partial charge >= 0.3 is 0 Å². The number of hydrogen-bond donors (Lipinski definition) is 1. The summed E-state index contributed by atoms with van der Waals surface area (Å²) in [5.41, 5.74) is 0. The minimum Gasteiger partial charge on any atom is -0.311 e. The molecule has 0 aliphatic rings. The maximum absolute atomic E-state index is 5.84. The topological polar surface area (TPSA) is 29.9 Å². The fourth-order valence-electron chi connectivity index (χ4n) is 1.27. The number of aromatic nitrogens is 2. The van der Waals surface area contributed by atoms with E-state index in [4.69, 9.17) is 11.6 Å². The summed E-state index contributed by atoms with van der Waals surface area (Å²) in [6.45, 7) is 6.16. The summed E-state index contributed by atoms with van der Waals surface area (Å²) >= 11 is 5.84. The monoisotopic (exact) mass is 215 g/mol. The fourth-order valence-corrected chi connectivity index (χ4v) is 1.73. The lowest BCUT2D eigenvalue weighted by Gasteiger charge is -2.19. The molecule has 0 amide bonds. The van der Waals surface area contributed by atoms with Crippen LogP contribution in [0.15, 0.2) is 18.5 Å². The van der Waals surface area contributed by atoms with Gasteiger partial charge in [0.15, 0.2) is 0 Å². The van der Waals surface area contributed by atoms with E-state index in [0.29, 0.717) is 17.8 Å². The molecule has 0 radical (unpaired) electrons. The van der Waals surface area contributed by atoms with E-state index < -0.39 is 0 Å². The number of nitrogens with one attached hydrogen (secondary N) is 1. The molecule has 1 heterocycles. The Morgan fingerprint density at radius 1 is 1.50 bits per heavy atom. The Balaban J connectivity index is 2.20. The molecule has 0 saturated heterocycles. The first-order chi connectivity index (χ1) is 6.74. The number of rotatable bonds is 6. The van der Waals surface area contributed by atoms with Crippen LogP contribution >= 0.6 is 11.6 Å². The third-order valence-electron chi connectivity index (χ3n) is 2.28. The van der Waals surface area contributed by atoms with E-state index in [9.17, 15) is 0 Å². The molecule has 0 aromatic carbocycles. The van der Waals surface area contributed by atoms with Crippen LogP contribution in [0.25, 0.3) is 0 Å². The smallest absolute Gasteiger partial charge is 0.0534 e. The van der Waals surface area contributed by atoms with Crippen molar-refractivity contribution in [2.24, 2.45) is 5.92 Å². The second-order valence-corrected chi connectivity index (χ2v) is 4.04. The molecule has 0 aliphatic carbocycles. The van der Waals surface area contributed by atoms with E-state index in [1.165, 1.54) is 0 Å². The molecule has 1 N–H and O–H groups in total. The van der Waals surface area contributed by atoms with E-state index in [2.05, 4.69) is 24.3 Å². The van der Waals surface area contributed by atoms with Crippen molar-refractivity contribution in [1.82, 2.24) is 15.1 Å². The Kier molecular flexibility index (Phi) is 4.98. The molecule has 0 bridgehead atoms. The van der Waals surface area contributed by atoms with Crippen molar-refractivity contribution in [2.75, 3.05) is 12.4 Å². The minimum atomic E-state index is 0.396. The highest BCUT2D eigenvalue weighted by molar-refractivity contribution is 6.18. The maximum Gasteiger partial charge on any atom is 0.0534 e. The average Bonchev–Trinajstić information content (AvgIpc) is 2.64. The molecule has 1 aromatic rings. The Morgan fingerprint density at radius 3 is 2.79 bits per heavy atom. The summed E-state index contributed by atoms with van der Waals surface area (Å²) < 4.78 is 1.92. The number of halogens is 1. The molecule has 4 heteroatoms. The lowest BCUT2D eigenvalue weighted by Crippen LogP contribution is -2.37. The van der Waals surface area contributed by atoms with Gasteiger partial charge in [0.2, 0.25) is 0 Å². The predicted octanol–water partition coefficient (Wildman–Crippen LogP) is 1.74. The SMILES string of the molecule is CC(C)C(CCl)NCCn1cccn1. The van der Waals surface area contributed by atoms with Crippen molar-refractivity contribution in [1.29, 1.82) is 0 Å². The molecule has 3 nitrogen and oxygen atoms in total. The highest BCUT2D eigenvalue weighted by Crippen LogP contribution is 2.02. The zero-order chi connectivity index (χ0) is 10.4. The predicted molar refractivity (Wildman–Crippen MR) is 59.6 cm³/mol. The second kappa shape index (κ2) is 6.04. The molecule has 80 valence electrons. The summed E-state index contributed by atoms with van der Waals surface area (Å²) in [5.74, 6) is 1.24. The lowest BCUT2D eigenvalue weighted by atomic mass is 10.1. The molecule has 0 saturated carbocycles. The highest BCUT2D eigenvalue weighted by Gasteiger charge is 2.10. The summed E-state index contributed by atoms with van der Waals surface area (Å²) in [4.78, 5) is 0. The Hall–Kier alpha value is -0.540. The average molecular weight is 216 g/mol. The highest BCUT2D eigenvalue weighted by atomic mass is 35.5. The molecule has 1 unspecified atom stereocenters. The van der Waals surface area contributed by atoms with Crippen LogP contribution in [0.2, 0.25) is 0 Å². The Morgan fingerprint density at radius 2 is 2.29 bits per heavy atom. The molecule has 1 aromatic heterocycles. The molecule has 0 aliphatic heterocycles. The van der Waals surface area contributed by atoms with Crippen LogP contribution in [0.3, 0.4) is 0 Å². The van der Waals surface area contributed by atoms with Gasteiger partial charge in [0.05, 0.1) is 6.54 Å². The van der Waals surface area contributed by atoms with Gasteiger partial charge in [-0.3, -0.25) is 4.68 Å². The molecule has 0 fully saturated rings. The number of alkyl halides is 1. The molecular formula is C10H18ClN3. The van der Waals surface area contributed by atoms with Crippen LogP contribution in [0.5, 0.6) is 0 Å². The molecule has 1 rings (SSSR count). The van der Waals surface area contributed by atoms with Crippen LogP contribution in [-0.4, -0.2) is 28.2 Å². The lowest BCUT2D eigenvalue weighted by molar-refractivity contribution is 0.414. The van der Waals surface area contributed by atoms with Crippen molar-refractivity contribution in [2.45, 2.75) is 26.4 Å². The van der Waals surface area contributed by atoms with Gasteiger partial charge in [-0.05, 0) is 12.0 Å². The second-order valence-electron chi connectivity index (χ2n) is 3.73. The van der Waals surface area contributed by atoms with Crippen LogP contribution < -0.4 is 5.32 Å². The van der Waals surface area contributed by atoms with Crippen LogP contribution in [0, 0.1) is 5.92 Å². The van der Waals surface area contributed by atoms with E-state index in [0.717, 1.165) is 13.1 Å². The maximum atomic E-state index is 5.84. The summed E-state index contributed by atoms with van der Waals surface area (Å²) in [6.07, 6.45) is 3.76. The van der Waals surface area contributed by atoms with Crippen LogP contribution in [0.1, 0.15) is 13.8 Å². The minimum absolute atomic E-state index is 0.396. The zero-order valence-electron chi connectivity index (χ0n) is 8.78. The van der Waals surface area contributed by atoms with Crippen molar-refractivity contribution in [3.63, 3.8) is 0 Å². The Labute approximate surface area is 90.4 Å². The molecule has 1 atom stereocenters. The van der Waals surface area contributed by atoms with Gasteiger partial charge in [-0.25, -0.2) is 0 Å². The first-order valence-electron chi connectivity index (χ1n) is 5.01. The molecular weight excluding hydrogens is 198 g/mol. The number of hydrogen-bond acceptors (Lipinski definition) is 2. The van der Waals surface area contributed by atoms with E-state index in [1.54, 1.807) is 6.20 Å². The zero-order valence-corrected chi connectivity index (χ0v) is 9.54. The van der Waals surface area contributed by atoms with Gasteiger partial charge in [-0.2, -0.15) is 5.10 Å². The normalized spacial score (nSPS) is 13.4. The number of nitrogens with zero attached hydrogens (tertiary/aromatic N) is 2. The largest absolute Gasteiger partial charge is 0.311 e. The fraction of sp³-hybridized carbons (Fsp3) is 0.700. The van der Waals surface area contributed by atoms with Crippen LogP contribution in [0.4, 0.5) is 0 Å². The van der Waals surface area contributed by atoms with E-state index >= 15 is 0 Å². The van der Waals surface area contributed by atoms with Crippen molar-refractivity contribution in [3.8, 4) is 0 Å². The third-order valence-corrected chi connectivity index (χ3v) is 2.61. The van der Waals surface area contributed by atoms with Gasteiger partial charge in [-0.1, -0.05) is 13.8 Å². The molecule has 0 spiro atoms. The standard InChI is InChI=1S/C10H18ClN3/c1-9(2)10(8-11)12-5-7-14-6-3-4-13-14/h3-4,6,9-10,12H,5,7-8H2,1-2H3. The summed E-state index contributed by atoms with van der Waals surface area (Å²) in [7, 11) is 0. The van der Waals surface area contributed by atoms with E-state index in [1.807, 2.05) is 16.9 Å². The van der Waals surface area contributed by atoms with Crippen molar-refractivity contribution < 1.29 is 0 Å². The Bertz CT molecular complexity index is 234. The van der Waals surface area contributed by atoms with Gasteiger partial charge in [0, 0.05) is 30.9 Å². The van der Waals surface area contributed by atoms with Crippen molar-refractivity contribution >= 4 is 11.6 Å². The van der Waals surface area contributed by atoms with E-state index in [-0.39, 0.29) is 0 Å². The van der Waals surface area contributed by atoms with Crippen molar-refractivity contribution in [3.05, 3.63) is 18.5 Å². The first kappa shape index (κ1) is 11.5.